The molecule has 2 aromatic rings. The predicted octanol–water partition coefficient (Wildman–Crippen LogP) is 1.49. The molecule has 0 fully saturated rings. The van der Waals surface area contributed by atoms with E-state index in [4.69, 9.17) is 5.73 Å². The van der Waals surface area contributed by atoms with Gasteiger partial charge < -0.3 is 11.1 Å². The number of nitrogens with two attached hydrogens (primary N) is 1. The number of nitrogen functional groups attached to an aromatic ring is 1. The number of hydrogen-bond donors (Lipinski definition) is 2. The molecule has 102 valence electrons. The van der Waals surface area contributed by atoms with Crippen molar-refractivity contribution in [3.8, 4) is 0 Å². The summed E-state index contributed by atoms with van der Waals surface area (Å²) in [7, 11) is 0. The maximum Gasteiger partial charge on any atom is 0.272 e. The molecule has 0 aliphatic rings. The second-order valence-electron chi connectivity index (χ2n) is 4.21. The van der Waals surface area contributed by atoms with Gasteiger partial charge in [0, 0.05) is 11.4 Å². The number of rotatable bonds is 4. The molecule has 0 aromatic carbocycles. The van der Waals surface area contributed by atoms with E-state index in [2.05, 4.69) is 15.4 Å². The first-order chi connectivity index (χ1) is 9.04. The summed E-state index contributed by atoms with van der Waals surface area (Å²) in [5, 5.41) is 7.10. The quantitative estimate of drug-likeness (QED) is 0.887. The minimum atomic E-state index is -0.201. The van der Waals surface area contributed by atoms with Gasteiger partial charge in [0.15, 0.2) is 0 Å². The molecule has 0 saturated carbocycles. The van der Waals surface area contributed by atoms with Crippen molar-refractivity contribution >= 4 is 22.9 Å². The van der Waals surface area contributed by atoms with E-state index in [0.29, 0.717) is 30.2 Å². The average Bonchev–Trinajstić information content (AvgIpc) is 2.91. The van der Waals surface area contributed by atoms with Crippen LogP contribution >= 0.6 is 11.3 Å². The van der Waals surface area contributed by atoms with Gasteiger partial charge in [0.25, 0.3) is 5.91 Å². The molecule has 2 heterocycles. The fourth-order valence-corrected chi connectivity index (χ4v) is 2.52. The molecule has 0 saturated heterocycles. The van der Waals surface area contributed by atoms with Crippen molar-refractivity contribution in [3.63, 3.8) is 0 Å². The summed E-state index contributed by atoms with van der Waals surface area (Å²) in [6.07, 6.45) is 0. The van der Waals surface area contributed by atoms with E-state index in [1.807, 2.05) is 13.8 Å². The van der Waals surface area contributed by atoms with Gasteiger partial charge in [-0.3, -0.25) is 9.48 Å². The molecule has 2 rings (SSSR count). The molecule has 0 aliphatic carbocycles. The number of anilines is 1. The smallest absolute Gasteiger partial charge is 0.272 e. The molecular weight excluding hydrogens is 262 g/mol. The van der Waals surface area contributed by atoms with E-state index in [1.54, 1.807) is 17.1 Å². The molecule has 1 amide bonds. The highest BCUT2D eigenvalue weighted by atomic mass is 32.1. The van der Waals surface area contributed by atoms with Crippen LogP contribution in [0.1, 0.15) is 33.7 Å². The van der Waals surface area contributed by atoms with E-state index >= 15 is 0 Å². The molecule has 2 aromatic heterocycles. The summed E-state index contributed by atoms with van der Waals surface area (Å²) in [6.45, 7) is 6.72. The summed E-state index contributed by atoms with van der Waals surface area (Å²) in [5.74, 6) is -0.201. The first-order valence-electron chi connectivity index (χ1n) is 6.04. The predicted molar refractivity (Wildman–Crippen MR) is 75.1 cm³/mol. The molecule has 0 bridgehead atoms. The first kappa shape index (κ1) is 13.5. The van der Waals surface area contributed by atoms with Gasteiger partial charge in [-0.2, -0.15) is 5.10 Å². The van der Waals surface area contributed by atoms with Crippen LogP contribution < -0.4 is 11.1 Å². The van der Waals surface area contributed by atoms with Crippen molar-refractivity contribution in [1.29, 1.82) is 0 Å². The Bertz CT molecular complexity index is 601. The number of hydrogen-bond acceptors (Lipinski definition) is 5. The number of aromatic nitrogens is 3. The second-order valence-corrected chi connectivity index (χ2v) is 5.15. The summed E-state index contributed by atoms with van der Waals surface area (Å²) < 4.78 is 1.62. The minimum Gasteiger partial charge on any atom is -0.395 e. The van der Waals surface area contributed by atoms with Crippen LogP contribution in [-0.4, -0.2) is 20.7 Å². The topological polar surface area (TPSA) is 85.8 Å². The standard InChI is InChI=1S/C12H17N5OS/c1-4-17-11(10(13)8(3)16-17)12(18)14-5-9-7(2)15-6-19-9/h6H,4-5,13H2,1-3H3,(H,14,18). The third kappa shape index (κ3) is 2.60. The largest absolute Gasteiger partial charge is 0.395 e. The summed E-state index contributed by atoms with van der Waals surface area (Å²) in [6, 6.07) is 0. The van der Waals surface area contributed by atoms with Crippen molar-refractivity contribution in [1.82, 2.24) is 20.1 Å². The van der Waals surface area contributed by atoms with Crippen LogP contribution in [0.25, 0.3) is 0 Å². The van der Waals surface area contributed by atoms with E-state index in [0.717, 1.165) is 10.6 Å². The Hall–Kier alpha value is -1.89. The number of carbonyl (C=O) groups excluding carboxylic acids is 1. The van der Waals surface area contributed by atoms with Crippen molar-refractivity contribution in [2.24, 2.45) is 0 Å². The van der Waals surface area contributed by atoms with E-state index in [-0.39, 0.29) is 5.91 Å². The van der Waals surface area contributed by atoms with Gasteiger partial charge in [-0.15, -0.1) is 11.3 Å². The SMILES string of the molecule is CCn1nc(C)c(N)c1C(=O)NCc1scnc1C. The zero-order valence-corrected chi connectivity index (χ0v) is 12.0. The molecule has 3 N–H and O–H groups in total. The number of nitrogens with one attached hydrogen (secondary N) is 1. The van der Waals surface area contributed by atoms with Crippen molar-refractivity contribution in [2.45, 2.75) is 33.9 Å². The van der Waals surface area contributed by atoms with Crippen LogP contribution in [0.3, 0.4) is 0 Å². The highest BCUT2D eigenvalue weighted by molar-refractivity contribution is 7.09. The number of thiazole rings is 1. The molecule has 0 aliphatic heterocycles. The van der Waals surface area contributed by atoms with Crippen molar-refractivity contribution in [2.75, 3.05) is 5.73 Å². The zero-order valence-electron chi connectivity index (χ0n) is 11.2. The van der Waals surface area contributed by atoms with Gasteiger partial charge in [-0.1, -0.05) is 0 Å². The monoisotopic (exact) mass is 279 g/mol. The average molecular weight is 279 g/mol. The summed E-state index contributed by atoms with van der Waals surface area (Å²) in [4.78, 5) is 17.4. The Morgan fingerprint density at radius 1 is 1.47 bits per heavy atom. The number of amides is 1. The maximum atomic E-state index is 12.2. The molecule has 6 nitrogen and oxygen atoms in total. The highest BCUT2D eigenvalue weighted by Crippen LogP contribution is 2.17. The van der Waals surface area contributed by atoms with Gasteiger partial charge in [0.05, 0.1) is 29.1 Å². The molecule has 19 heavy (non-hydrogen) atoms. The van der Waals surface area contributed by atoms with Crippen molar-refractivity contribution in [3.05, 3.63) is 27.5 Å². The van der Waals surface area contributed by atoms with E-state index < -0.39 is 0 Å². The normalized spacial score (nSPS) is 10.7. The first-order valence-corrected chi connectivity index (χ1v) is 6.92. The maximum absolute atomic E-state index is 12.2. The van der Waals surface area contributed by atoms with Gasteiger partial charge in [0.1, 0.15) is 5.69 Å². The van der Waals surface area contributed by atoms with Crippen LogP contribution in [0.5, 0.6) is 0 Å². The molecule has 0 unspecified atom stereocenters. The Balaban J connectivity index is 2.14. The molecular formula is C12H17N5OS. The van der Waals surface area contributed by atoms with Gasteiger partial charge >= 0.3 is 0 Å². The number of carbonyl (C=O) groups is 1. The fourth-order valence-electron chi connectivity index (χ4n) is 1.80. The molecule has 0 radical (unpaired) electrons. The van der Waals surface area contributed by atoms with Crippen LogP contribution in [-0.2, 0) is 13.1 Å². The van der Waals surface area contributed by atoms with E-state index in [1.165, 1.54) is 11.3 Å². The Morgan fingerprint density at radius 3 is 2.79 bits per heavy atom. The van der Waals surface area contributed by atoms with Crippen molar-refractivity contribution < 1.29 is 4.79 Å². The molecule has 0 atom stereocenters. The lowest BCUT2D eigenvalue weighted by molar-refractivity contribution is 0.0941. The zero-order chi connectivity index (χ0) is 14.0. The van der Waals surface area contributed by atoms with Gasteiger partial charge in [0.2, 0.25) is 0 Å². The van der Waals surface area contributed by atoms with Gasteiger partial charge in [-0.05, 0) is 20.8 Å². The van der Waals surface area contributed by atoms with E-state index in [9.17, 15) is 4.79 Å². The van der Waals surface area contributed by atoms with Crippen LogP contribution in [0.15, 0.2) is 5.51 Å². The molecule has 0 spiro atoms. The number of nitrogens with zero attached hydrogens (tertiary/aromatic N) is 3. The summed E-state index contributed by atoms with van der Waals surface area (Å²) in [5.41, 5.74) is 10.2. The van der Waals surface area contributed by atoms with Gasteiger partial charge in [-0.25, -0.2) is 4.98 Å². The lowest BCUT2D eigenvalue weighted by atomic mass is 10.3. The number of aryl methyl sites for hydroxylation is 3. The second kappa shape index (κ2) is 5.40. The third-order valence-electron chi connectivity index (χ3n) is 2.94. The Labute approximate surface area is 115 Å². The molecule has 7 heteroatoms. The highest BCUT2D eigenvalue weighted by Gasteiger charge is 2.19. The minimum absolute atomic E-state index is 0.201. The Morgan fingerprint density at radius 2 is 2.21 bits per heavy atom. The van der Waals surface area contributed by atoms with Crippen LogP contribution in [0.4, 0.5) is 5.69 Å². The fraction of sp³-hybridized carbons (Fsp3) is 0.417. The third-order valence-corrected chi connectivity index (χ3v) is 3.88. The van der Waals surface area contributed by atoms with Crippen LogP contribution in [0, 0.1) is 13.8 Å². The summed E-state index contributed by atoms with van der Waals surface area (Å²) >= 11 is 1.53. The Kier molecular flexibility index (Phi) is 3.84. The lowest BCUT2D eigenvalue weighted by Gasteiger charge is -2.07. The van der Waals surface area contributed by atoms with Crippen LogP contribution in [0.2, 0.25) is 0 Å². The lowest BCUT2D eigenvalue weighted by Crippen LogP contribution is -2.26.